The van der Waals surface area contributed by atoms with Crippen molar-refractivity contribution in [1.82, 2.24) is 6.15 Å². The van der Waals surface area contributed by atoms with E-state index in [0.717, 1.165) is 75.3 Å². The molecule has 2 aromatic rings. The average Bonchev–Trinajstić information content (AvgIpc) is 3.14. The van der Waals surface area contributed by atoms with Gasteiger partial charge in [0.05, 0.1) is 46.4 Å². The summed E-state index contributed by atoms with van der Waals surface area (Å²) in [5.74, 6) is -0.199. The van der Waals surface area contributed by atoms with Crippen LogP contribution in [0.15, 0.2) is 58.3 Å². The van der Waals surface area contributed by atoms with Gasteiger partial charge in [-0.05, 0) is 104 Å². The molecule has 0 bridgehead atoms. The third kappa shape index (κ3) is 39.1. The summed E-state index contributed by atoms with van der Waals surface area (Å²) in [5.41, 5.74) is 1.54. The van der Waals surface area contributed by atoms with Gasteiger partial charge in [-0.15, -0.1) is 23.2 Å². The number of benzene rings is 2. The number of carbonyl (C=O) groups is 1. The minimum absolute atomic E-state index is 0. The first-order valence-electron chi connectivity index (χ1n) is 18.8. The number of alkyl halides is 2. The Balaban J connectivity index is -0.000000242. The number of nitrogens with zero attached hydrogens (tertiary/aromatic N) is 1. The molecule has 0 saturated heterocycles. The summed E-state index contributed by atoms with van der Waals surface area (Å²) < 4.78 is 62.6. The van der Waals surface area contributed by atoms with E-state index in [1.54, 1.807) is 54.6 Å². The second-order valence-corrected chi connectivity index (χ2v) is 17.3. The van der Waals surface area contributed by atoms with Gasteiger partial charge in [0.15, 0.2) is 0 Å². The first-order valence-corrected chi connectivity index (χ1v) is 22.7. The predicted octanol–water partition coefficient (Wildman–Crippen LogP) is 8.90. The largest absolute Gasteiger partial charge is 0.465 e. The second-order valence-electron chi connectivity index (χ2n) is 13.3. The van der Waals surface area contributed by atoms with E-state index in [-0.39, 0.29) is 65.0 Å². The molecule has 58 heavy (non-hydrogen) atoms. The molecule has 0 spiro atoms. The molecule has 340 valence electrons. The van der Waals surface area contributed by atoms with Crippen LogP contribution in [0.25, 0.3) is 0 Å². The molecule has 0 fully saturated rings. The number of aryl methyl sites for hydroxylation is 2. The number of hydrogen-bond donors (Lipinski definition) is 4. The topological polar surface area (TPSA) is 233 Å². The van der Waals surface area contributed by atoms with Gasteiger partial charge in [0.1, 0.15) is 0 Å². The highest BCUT2D eigenvalue weighted by Gasteiger charge is 2.22. The summed E-state index contributed by atoms with van der Waals surface area (Å²) in [4.78, 5) is 11.9. The van der Waals surface area contributed by atoms with Crippen molar-refractivity contribution in [2.24, 2.45) is 5.41 Å². The minimum Gasteiger partial charge on any atom is -0.465 e. The average molecular weight is 910 g/mol. The van der Waals surface area contributed by atoms with Crippen LogP contribution in [-0.4, -0.2) is 83.1 Å². The third-order valence-corrected chi connectivity index (χ3v) is 9.75. The van der Waals surface area contributed by atoms with E-state index in [2.05, 4.69) is 0 Å². The number of nitriles is 1. The standard InChI is InChI=1S/C18H28O5S.C13H20O4S.C6H14O2.C2H3N.CH2Cl2.FH.H3N/c1-15-9-11-16(12-10-15)24(20,21)23-14-8-6-5-7-13-22-17(19)18(2,3)4;1-12-6-8-13(9-7-12)18(15,16)17-11-5-3-2-4-10-14;7-5-3-1-2-4-6-8;1-2-3;2-1-3;;/h9-12H,5-8,13-14H2,1-4H3;6-9,14H,2-5,10-11H2,1H3;7-8H,1-6H2;1H3;1H2;1H;1H3. The number of aliphatic hydroxyl groups is 3. The van der Waals surface area contributed by atoms with Crippen LogP contribution < -0.4 is 6.15 Å². The van der Waals surface area contributed by atoms with Crippen molar-refractivity contribution in [2.75, 3.05) is 45.0 Å². The molecule has 0 aromatic heterocycles. The molecule has 0 unspecified atom stereocenters. The fraction of sp³-hybridized carbons (Fsp3) is 0.650. The van der Waals surface area contributed by atoms with Gasteiger partial charge < -0.3 is 26.2 Å². The van der Waals surface area contributed by atoms with E-state index >= 15 is 0 Å². The van der Waals surface area contributed by atoms with Crippen molar-refractivity contribution in [3.8, 4) is 6.07 Å². The maximum Gasteiger partial charge on any atom is 0.311 e. The summed E-state index contributed by atoms with van der Waals surface area (Å²) in [6.07, 6.45) is 10.1. The SMILES string of the molecule is CC#N.Cc1ccc(S(=O)(=O)OCCCCCCO)cc1.Cc1ccc(S(=O)(=O)OCCCCCCOC(=O)C(C)(C)C)cc1.ClCCl.F.N.OCCCCCCO. The van der Waals surface area contributed by atoms with Crippen LogP contribution in [0.4, 0.5) is 4.70 Å². The van der Waals surface area contributed by atoms with Crippen LogP contribution in [0.1, 0.15) is 116 Å². The van der Waals surface area contributed by atoms with Gasteiger partial charge in [-0.25, -0.2) is 0 Å². The van der Waals surface area contributed by atoms with Crippen LogP contribution in [0, 0.1) is 30.6 Å². The number of esters is 1. The smallest absolute Gasteiger partial charge is 0.311 e. The number of halogens is 3. The van der Waals surface area contributed by atoms with Crippen molar-refractivity contribution in [2.45, 2.75) is 128 Å². The third-order valence-electron chi connectivity index (χ3n) is 7.10. The number of hydrogen-bond acceptors (Lipinski definition) is 13. The van der Waals surface area contributed by atoms with Gasteiger partial charge >= 0.3 is 5.97 Å². The van der Waals surface area contributed by atoms with E-state index in [9.17, 15) is 21.6 Å². The Bertz CT molecular complexity index is 1480. The lowest BCUT2D eigenvalue weighted by Crippen LogP contribution is -2.23. The number of ether oxygens (including phenoxy) is 1. The highest BCUT2D eigenvalue weighted by molar-refractivity contribution is 7.87. The van der Waals surface area contributed by atoms with Gasteiger partial charge in [-0.2, -0.15) is 22.1 Å². The molecule has 0 aliphatic carbocycles. The summed E-state index contributed by atoms with van der Waals surface area (Å²) >= 11 is 9.53. The molecule has 0 amide bonds. The van der Waals surface area contributed by atoms with E-state index in [0.29, 0.717) is 19.4 Å². The lowest BCUT2D eigenvalue weighted by Gasteiger charge is -2.16. The quantitative estimate of drug-likeness (QED) is 0.0375. The number of rotatable bonds is 22. The molecule has 0 saturated carbocycles. The fourth-order valence-corrected chi connectivity index (χ4v) is 5.85. The first kappa shape index (κ1) is 64.7. The zero-order chi connectivity index (χ0) is 43.3. The molecule has 2 aromatic carbocycles. The minimum atomic E-state index is -3.67. The number of aliphatic hydroxyl groups excluding tert-OH is 3. The Labute approximate surface area is 358 Å². The zero-order valence-electron chi connectivity index (χ0n) is 35.3. The molecule has 13 nitrogen and oxygen atoms in total. The van der Waals surface area contributed by atoms with E-state index in [1.807, 2.05) is 34.6 Å². The van der Waals surface area contributed by atoms with Crippen molar-refractivity contribution in [3.05, 3.63) is 59.7 Å². The second kappa shape index (κ2) is 41.3. The maximum absolute atomic E-state index is 12.0. The molecule has 0 atom stereocenters. The van der Waals surface area contributed by atoms with Crippen LogP contribution in [-0.2, 0) is 38.1 Å². The van der Waals surface area contributed by atoms with Gasteiger partial charge in [-0.1, -0.05) is 67.5 Å². The molecular formula is C40H71Cl2FN2O11S2. The Hall–Kier alpha value is -2.43. The summed E-state index contributed by atoms with van der Waals surface area (Å²) in [7, 11) is -7.29. The van der Waals surface area contributed by atoms with Gasteiger partial charge in [0.2, 0.25) is 0 Å². The number of unbranched alkanes of at least 4 members (excludes halogenated alkanes) is 9. The lowest BCUT2D eigenvalue weighted by atomic mass is 9.97. The van der Waals surface area contributed by atoms with Crippen LogP contribution in [0.2, 0.25) is 0 Å². The molecule has 0 aliphatic heterocycles. The van der Waals surface area contributed by atoms with Crippen LogP contribution in [0.3, 0.4) is 0 Å². The van der Waals surface area contributed by atoms with Gasteiger partial charge in [0.25, 0.3) is 20.2 Å². The number of carbonyl (C=O) groups excluding carboxylic acids is 1. The van der Waals surface area contributed by atoms with E-state index in [4.69, 9.17) is 56.9 Å². The van der Waals surface area contributed by atoms with Crippen LogP contribution in [0.5, 0.6) is 0 Å². The van der Waals surface area contributed by atoms with E-state index in [1.165, 1.54) is 6.92 Å². The monoisotopic (exact) mass is 908 g/mol. The molecule has 0 aliphatic rings. The van der Waals surface area contributed by atoms with Crippen molar-refractivity contribution in [3.63, 3.8) is 0 Å². The predicted molar refractivity (Wildman–Crippen MR) is 231 cm³/mol. The Morgan fingerprint density at radius 1 is 0.621 bits per heavy atom. The van der Waals surface area contributed by atoms with Gasteiger partial charge in [-0.3, -0.25) is 17.9 Å². The highest BCUT2D eigenvalue weighted by Crippen LogP contribution is 2.17. The summed E-state index contributed by atoms with van der Waals surface area (Å²) in [6.45, 7) is 12.2. The Morgan fingerprint density at radius 2 is 0.879 bits per heavy atom. The molecule has 0 radical (unpaired) electrons. The van der Waals surface area contributed by atoms with Crippen LogP contribution >= 0.6 is 23.2 Å². The maximum atomic E-state index is 12.0. The lowest BCUT2D eigenvalue weighted by molar-refractivity contribution is -0.153. The Kier molecular flexibility index (Phi) is 46.1. The molecule has 2 rings (SSSR count). The molecule has 0 heterocycles. The van der Waals surface area contributed by atoms with Crippen molar-refractivity contribution >= 4 is 49.4 Å². The molecular weight excluding hydrogens is 838 g/mol. The Morgan fingerprint density at radius 3 is 1.14 bits per heavy atom. The highest BCUT2D eigenvalue weighted by atomic mass is 35.5. The molecule has 6 N–H and O–H groups in total. The molecule has 18 heteroatoms. The van der Waals surface area contributed by atoms with Crippen molar-refractivity contribution < 1.29 is 54.8 Å². The van der Waals surface area contributed by atoms with E-state index < -0.39 is 25.7 Å². The fourth-order valence-electron chi connectivity index (χ4n) is 3.97. The summed E-state index contributed by atoms with van der Waals surface area (Å²) in [6, 6.07) is 14.9. The normalized spacial score (nSPS) is 10.4. The van der Waals surface area contributed by atoms with Crippen molar-refractivity contribution in [1.29, 1.82) is 5.26 Å². The van der Waals surface area contributed by atoms with Gasteiger partial charge in [0, 0.05) is 26.7 Å². The zero-order valence-corrected chi connectivity index (χ0v) is 38.4. The summed E-state index contributed by atoms with van der Waals surface area (Å²) in [5, 5.41) is 32.7. The first-order chi connectivity index (χ1) is 26.4.